The molecule has 1 unspecified atom stereocenters. The van der Waals surface area contributed by atoms with Crippen LogP contribution in [0.4, 0.5) is 0 Å². The van der Waals surface area contributed by atoms with Gasteiger partial charge in [-0.25, -0.2) is 0 Å². The number of nitrogens with one attached hydrogen (secondary N) is 1. The zero-order valence-electron chi connectivity index (χ0n) is 17.3. The molecule has 1 fully saturated rings. The molecule has 0 saturated carbocycles. The summed E-state index contributed by atoms with van der Waals surface area (Å²) < 4.78 is 5.43. The zero-order chi connectivity index (χ0) is 21.1. The van der Waals surface area contributed by atoms with Crippen molar-refractivity contribution in [1.82, 2.24) is 15.4 Å². The van der Waals surface area contributed by atoms with E-state index in [1.807, 2.05) is 42.5 Å². The molecule has 0 radical (unpaired) electrons. The fourth-order valence-corrected chi connectivity index (χ4v) is 4.19. The van der Waals surface area contributed by atoms with Crippen LogP contribution in [0.15, 0.2) is 53.1 Å². The molecule has 2 heterocycles. The first kappa shape index (κ1) is 20.6. The normalized spacial score (nSPS) is 15.3. The van der Waals surface area contributed by atoms with Crippen molar-refractivity contribution in [2.45, 2.75) is 32.7 Å². The van der Waals surface area contributed by atoms with Gasteiger partial charge in [-0.15, -0.1) is 0 Å². The Kier molecular flexibility index (Phi) is 6.21. The van der Waals surface area contributed by atoms with Gasteiger partial charge >= 0.3 is 0 Å². The van der Waals surface area contributed by atoms with Gasteiger partial charge in [-0.1, -0.05) is 47.1 Å². The Morgan fingerprint density at radius 3 is 2.63 bits per heavy atom. The third kappa shape index (κ3) is 4.42. The van der Waals surface area contributed by atoms with Crippen LogP contribution in [0.2, 0.25) is 5.02 Å². The van der Waals surface area contributed by atoms with Crippen LogP contribution in [0.3, 0.4) is 0 Å². The van der Waals surface area contributed by atoms with Crippen molar-refractivity contribution in [2.24, 2.45) is 0 Å². The molecule has 1 atom stereocenters. The molecule has 3 aromatic rings. The average molecular weight is 424 g/mol. The summed E-state index contributed by atoms with van der Waals surface area (Å²) in [7, 11) is 0. The molecule has 4 rings (SSSR count). The van der Waals surface area contributed by atoms with Crippen molar-refractivity contribution >= 4 is 17.5 Å². The van der Waals surface area contributed by atoms with Gasteiger partial charge < -0.3 is 9.84 Å². The number of likely N-dealkylation sites (tertiary alicyclic amines) is 1. The lowest BCUT2D eigenvalue weighted by atomic mass is 10.0. The van der Waals surface area contributed by atoms with Crippen molar-refractivity contribution in [2.75, 3.05) is 19.6 Å². The Balaban J connectivity index is 1.48. The van der Waals surface area contributed by atoms with Crippen molar-refractivity contribution < 1.29 is 9.32 Å². The number of carbonyl (C=O) groups is 1. The molecule has 1 amide bonds. The molecule has 156 valence electrons. The van der Waals surface area contributed by atoms with Gasteiger partial charge in [0, 0.05) is 23.2 Å². The Morgan fingerprint density at radius 1 is 1.13 bits per heavy atom. The smallest absolute Gasteiger partial charge is 0.273 e. The third-order valence-electron chi connectivity index (χ3n) is 5.84. The molecule has 30 heavy (non-hydrogen) atoms. The Bertz CT molecular complexity index is 1040. The largest absolute Gasteiger partial charge is 0.355 e. The fraction of sp³-hybridized carbons (Fsp3) is 0.333. The number of hydrogen-bond donors (Lipinski definition) is 1. The number of nitrogens with zero attached hydrogens (tertiary/aromatic N) is 2. The summed E-state index contributed by atoms with van der Waals surface area (Å²) in [5.41, 5.74) is 4.61. The van der Waals surface area contributed by atoms with Crippen LogP contribution in [0.25, 0.3) is 11.3 Å². The number of rotatable bonds is 6. The van der Waals surface area contributed by atoms with E-state index < -0.39 is 0 Å². The van der Waals surface area contributed by atoms with Crippen LogP contribution < -0.4 is 5.32 Å². The Hall–Kier alpha value is -2.63. The van der Waals surface area contributed by atoms with Crippen LogP contribution in [0.1, 0.15) is 46.1 Å². The molecule has 6 heteroatoms. The molecule has 5 nitrogen and oxygen atoms in total. The van der Waals surface area contributed by atoms with Crippen molar-refractivity contribution in [3.63, 3.8) is 0 Å². The lowest BCUT2D eigenvalue weighted by Gasteiger charge is -2.28. The molecule has 1 saturated heterocycles. The van der Waals surface area contributed by atoms with Crippen molar-refractivity contribution in [3.8, 4) is 11.3 Å². The van der Waals surface area contributed by atoms with Crippen LogP contribution in [-0.2, 0) is 0 Å². The van der Waals surface area contributed by atoms with E-state index in [2.05, 4.69) is 29.2 Å². The fourth-order valence-electron chi connectivity index (χ4n) is 3.93. The lowest BCUT2D eigenvalue weighted by Crippen LogP contribution is -2.37. The zero-order valence-corrected chi connectivity index (χ0v) is 18.1. The highest BCUT2D eigenvalue weighted by Crippen LogP contribution is 2.30. The third-order valence-corrected chi connectivity index (χ3v) is 6.18. The van der Waals surface area contributed by atoms with Crippen molar-refractivity contribution in [3.05, 3.63) is 75.9 Å². The SMILES string of the molecule is Cc1ccc(-c2cc(C(=O)NCC(c3ccccc3Cl)N3CCCC3)no2)cc1C. The predicted octanol–water partition coefficient (Wildman–Crippen LogP) is 5.18. The van der Waals surface area contributed by atoms with E-state index in [-0.39, 0.29) is 17.6 Å². The average Bonchev–Trinajstić information content (AvgIpc) is 3.44. The van der Waals surface area contributed by atoms with Gasteiger partial charge in [-0.05, 0) is 68.6 Å². The maximum atomic E-state index is 12.8. The standard InChI is InChI=1S/C24H26ClN3O2/c1-16-9-10-18(13-17(16)2)23-14-21(27-30-23)24(29)26-15-22(28-11-5-6-12-28)19-7-3-4-8-20(19)25/h3-4,7-10,13-14,22H,5-6,11-12,15H2,1-2H3,(H,26,29). The molecule has 1 aliphatic rings. The highest BCUT2D eigenvalue weighted by atomic mass is 35.5. The number of halogens is 1. The van der Waals surface area contributed by atoms with Gasteiger partial charge in [0.2, 0.25) is 0 Å². The van der Waals surface area contributed by atoms with Gasteiger partial charge in [-0.3, -0.25) is 9.69 Å². The number of carbonyl (C=O) groups excluding carboxylic acids is 1. The van der Waals surface area contributed by atoms with Gasteiger partial charge in [0.1, 0.15) is 0 Å². The van der Waals surface area contributed by atoms with Crippen LogP contribution in [0, 0.1) is 13.8 Å². The summed E-state index contributed by atoms with van der Waals surface area (Å²) in [6.45, 7) is 6.60. The quantitative estimate of drug-likeness (QED) is 0.593. The summed E-state index contributed by atoms with van der Waals surface area (Å²) in [5, 5.41) is 7.73. The number of amides is 1. The van der Waals surface area contributed by atoms with Gasteiger partial charge in [-0.2, -0.15) is 0 Å². The van der Waals surface area contributed by atoms with Gasteiger partial charge in [0.25, 0.3) is 5.91 Å². The van der Waals surface area contributed by atoms with E-state index in [9.17, 15) is 4.79 Å². The van der Waals surface area contributed by atoms with E-state index >= 15 is 0 Å². The summed E-state index contributed by atoms with van der Waals surface area (Å²) >= 11 is 6.46. The summed E-state index contributed by atoms with van der Waals surface area (Å²) in [6, 6.07) is 15.6. The topological polar surface area (TPSA) is 58.4 Å². The molecular formula is C24H26ClN3O2. The number of aryl methyl sites for hydroxylation is 2. The molecule has 2 aromatic carbocycles. The monoisotopic (exact) mass is 423 g/mol. The first-order valence-corrected chi connectivity index (χ1v) is 10.7. The molecular weight excluding hydrogens is 398 g/mol. The molecule has 0 aliphatic carbocycles. The predicted molar refractivity (Wildman–Crippen MR) is 119 cm³/mol. The lowest BCUT2D eigenvalue weighted by molar-refractivity contribution is 0.0929. The van der Waals surface area contributed by atoms with Gasteiger partial charge in [0.15, 0.2) is 11.5 Å². The molecule has 1 aliphatic heterocycles. The molecule has 1 aromatic heterocycles. The minimum Gasteiger partial charge on any atom is -0.355 e. The second kappa shape index (κ2) is 9.02. The van der Waals surface area contributed by atoms with Crippen LogP contribution in [0.5, 0.6) is 0 Å². The first-order valence-electron chi connectivity index (χ1n) is 10.3. The summed E-state index contributed by atoms with van der Waals surface area (Å²) in [6.07, 6.45) is 2.33. The van der Waals surface area contributed by atoms with E-state index in [0.29, 0.717) is 12.3 Å². The van der Waals surface area contributed by atoms with E-state index in [4.69, 9.17) is 16.1 Å². The minimum atomic E-state index is -0.245. The van der Waals surface area contributed by atoms with Crippen LogP contribution >= 0.6 is 11.6 Å². The summed E-state index contributed by atoms with van der Waals surface area (Å²) in [5.74, 6) is 0.343. The maximum Gasteiger partial charge on any atom is 0.273 e. The van der Waals surface area contributed by atoms with E-state index in [1.165, 1.54) is 11.1 Å². The first-order chi connectivity index (χ1) is 14.5. The second-order valence-electron chi connectivity index (χ2n) is 7.87. The molecule has 0 spiro atoms. The molecule has 0 bridgehead atoms. The Labute approximate surface area is 182 Å². The van der Waals surface area contributed by atoms with E-state index in [1.54, 1.807) is 6.07 Å². The number of aromatic nitrogens is 1. The van der Waals surface area contributed by atoms with E-state index in [0.717, 1.165) is 42.1 Å². The summed E-state index contributed by atoms with van der Waals surface area (Å²) in [4.78, 5) is 15.1. The Morgan fingerprint density at radius 2 is 1.90 bits per heavy atom. The second-order valence-corrected chi connectivity index (χ2v) is 8.27. The van der Waals surface area contributed by atoms with Gasteiger partial charge in [0.05, 0.1) is 6.04 Å². The van der Waals surface area contributed by atoms with Crippen molar-refractivity contribution in [1.29, 1.82) is 0 Å². The highest BCUT2D eigenvalue weighted by Gasteiger charge is 2.26. The number of hydrogen-bond acceptors (Lipinski definition) is 4. The highest BCUT2D eigenvalue weighted by molar-refractivity contribution is 6.31. The maximum absolute atomic E-state index is 12.8. The number of benzene rings is 2. The molecule has 1 N–H and O–H groups in total. The van der Waals surface area contributed by atoms with Crippen LogP contribution in [-0.4, -0.2) is 35.6 Å². The minimum absolute atomic E-state index is 0.0382.